The summed E-state index contributed by atoms with van der Waals surface area (Å²) in [4.78, 5) is 42.3. The van der Waals surface area contributed by atoms with Crippen molar-refractivity contribution in [2.24, 2.45) is 5.92 Å². The second-order valence-corrected chi connectivity index (χ2v) is 8.05. The quantitative estimate of drug-likeness (QED) is 0.404. The van der Waals surface area contributed by atoms with E-state index in [2.05, 4.69) is 10.2 Å². The van der Waals surface area contributed by atoms with E-state index in [0.29, 0.717) is 37.3 Å². The molecule has 0 saturated carbocycles. The van der Waals surface area contributed by atoms with Gasteiger partial charge in [0.05, 0.1) is 0 Å². The van der Waals surface area contributed by atoms with E-state index >= 15 is 0 Å². The summed E-state index contributed by atoms with van der Waals surface area (Å²) >= 11 is 0. The molecule has 1 saturated heterocycles. The van der Waals surface area contributed by atoms with Crippen molar-refractivity contribution in [1.82, 2.24) is 15.1 Å². The number of nitrogens with one attached hydrogen (secondary N) is 1. The molecule has 2 aromatic carbocycles. The normalized spacial score (nSPS) is 17.6. The SMILES string of the molecule is CN1CCCN(CCCCNC(=O)c2ccccc2)C(=O)C(C(=O)c2ccccc2)C1. The molecule has 2 amide bonds. The zero-order valence-electron chi connectivity index (χ0n) is 18.1. The van der Waals surface area contributed by atoms with Gasteiger partial charge in [0.15, 0.2) is 5.78 Å². The van der Waals surface area contributed by atoms with Crippen molar-refractivity contribution in [1.29, 1.82) is 0 Å². The molecule has 0 aliphatic carbocycles. The van der Waals surface area contributed by atoms with E-state index in [4.69, 9.17) is 0 Å². The Labute approximate surface area is 184 Å². The summed E-state index contributed by atoms with van der Waals surface area (Å²) in [6.07, 6.45) is 2.45. The third kappa shape index (κ3) is 6.49. The molecule has 0 spiro atoms. The summed E-state index contributed by atoms with van der Waals surface area (Å²) in [5.41, 5.74) is 1.23. The maximum atomic E-state index is 13.2. The van der Waals surface area contributed by atoms with Crippen LogP contribution in [-0.4, -0.2) is 67.2 Å². The number of nitrogens with zero attached hydrogens (tertiary/aromatic N) is 2. The fraction of sp³-hybridized carbons (Fsp3) is 0.400. The van der Waals surface area contributed by atoms with Crippen molar-refractivity contribution in [2.75, 3.05) is 39.8 Å². The van der Waals surface area contributed by atoms with Gasteiger partial charge < -0.3 is 15.1 Å². The molecule has 0 radical (unpaired) electrons. The monoisotopic (exact) mass is 421 g/mol. The Hall–Kier alpha value is -2.99. The lowest BCUT2D eigenvalue weighted by Crippen LogP contribution is -2.48. The minimum absolute atomic E-state index is 0.0838. The lowest BCUT2D eigenvalue weighted by Gasteiger charge is -2.32. The molecule has 1 unspecified atom stereocenters. The van der Waals surface area contributed by atoms with Gasteiger partial charge in [-0.15, -0.1) is 0 Å². The standard InChI is InChI=1S/C25H31N3O3/c1-27-16-10-18-28(17-9-8-15-26-24(30)21-13-6-3-7-14-21)25(31)22(19-27)23(29)20-11-4-2-5-12-20/h2-7,11-14,22H,8-10,15-19H2,1H3,(H,26,30). The fourth-order valence-corrected chi connectivity index (χ4v) is 3.88. The third-order valence-electron chi connectivity index (χ3n) is 5.62. The smallest absolute Gasteiger partial charge is 0.251 e. The number of carbonyl (C=O) groups excluding carboxylic acids is 3. The Bertz CT molecular complexity index is 870. The van der Waals surface area contributed by atoms with Crippen molar-refractivity contribution < 1.29 is 14.4 Å². The average Bonchev–Trinajstić information content (AvgIpc) is 2.80. The number of Topliss-reactive ketones (excluding diaryl/α,β-unsaturated/α-hetero) is 1. The minimum Gasteiger partial charge on any atom is -0.352 e. The molecule has 31 heavy (non-hydrogen) atoms. The van der Waals surface area contributed by atoms with Gasteiger partial charge in [0.2, 0.25) is 5.91 Å². The summed E-state index contributed by atoms with van der Waals surface area (Å²) in [6.45, 7) is 3.11. The zero-order chi connectivity index (χ0) is 22.1. The Morgan fingerprint density at radius 1 is 0.935 bits per heavy atom. The summed E-state index contributed by atoms with van der Waals surface area (Å²) < 4.78 is 0. The highest BCUT2D eigenvalue weighted by molar-refractivity contribution is 6.10. The van der Waals surface area contributed by atoms with Gasteiger partial charge >= 0.3 is 0 Å². The van der Waals surface area contributed by atoms with E-state index in [0.717, 1.165) is 25.8 Å². The number of unbranched alkanes of at least 4 members (excludes halogenated alkanes) is 1. The molecule has 2 aromatic rings. The van der Waals surface area contributed by atoms with Crippen LogP contribution in [0.15, 0.2) is 60.7 Å². The van der Waals surface area contributed by atoms with E-state index < -0.39 is 5.92 Å². The zero-order valence-corrected chi connectivity index (χ0v) is 18.1. The molecule has 6 nitrogen and oxygen atoms in total. The van der Waals surface area contributed by atoms with Gasteiger partial charge in [-0.05, 0) is 45.0 Å². The first-order chi connectivity index (χ1) is 15.1. The molecule has 1 aliphatic heterocycles. The number of ketones is 1. The van der Waals surface area contributed by atoms with E-state index in [1.54, 1.807) is 24.3 Å². The van der Waals surface area contributed by atoms with Crippen LogP contribution in [0, 0.1) is 5.92 Å². The highest BCUT2D eigenvalue weighted by Crippen LogP contribution is 2.17. The van der Waals surface area contributed by atoms with Crippen LogP contribution in [-0.2, 0) is 4.79 Å². The van der Waals surface area contributed by atoms with Crippen molar-refractivity contribution >= 4 is 17.6 Å². The molecule has 1 heterocycles. The first-order valence-corrected chi connectivity index (χ1v) is 11.0. The minimum atomic E-state index is -0.675. The largest absolute Gasteiger partial charge is 0.352 e. The Kier molecular flexibility index (Phi) is 8.35. The first kappa shape index (κ1) is 22.7. The van der Waals surface area contributed by atoms with Crippen LogP contribution >= 0.6 is 0 Å². The molecule has 1 N–H and O–H groups in total. The van der Waals surface area contributed by atoms with Gasteiger partial charge in [-0.2, -0.15) is 0 Å². The van der Waals surface area contributed by atoms with Crippen LogP contribution in [0.4, 0.5) is 0 Å². The number of rotatable bonds is 8. The molecule has 1 atom stereocenters. The summed E-state index contributed by atoms with van der Waals surface area (Å²) in [5, 5.41) is 2.92. The maximum Gasteiger partial charge on any atom is 0.251 e. The summed E-state index contributed by atoms with van der Waals surface area (Å²) in [6, 6.07) is 18.2. The molecule has 1 fully saturated rings. The van der Waals surface area contributed by atoms with Gasteiger partial charge in [-0.25, -0.2) is 0 Å². The van der Waals surface area contributed by atoms with E-state index in [1.165, 1.54) is 0 Å². The van der Waals surface area contributed by atoms with E-state index in [1.807, 2.05) is 48.3 Å². The lowest BCUT2D eigenvalue weighted by atomic mass is 9.94. The van der Waals surface area contributed by atoms with E-state index in [9.17, 15) is 14.4 Å². The number of carbonyl (C=O) groups is 3. The third-order valence-corrected chi connectivity index (χ3v) is 5.62. The molecule has 0 bridgehead atoms. The Morgan fingerprint density at radius 3 is 2.26 bits per heavy atom. The summed E-state index contributed by atoms with van der Waals surface area (Å²) in [5.74, 6) is -0.960. The maximum absolute atomic E-state index is 13.2. The predicted octanol–water partition coefficient (Wildman–Crippen LogP) is 2.86. The number of hydrogen-bond donors (Lipinski definition) is 1. The Morgan fingerprint density at radius 2 is 1.58 bits per heavy atom. The van der Waals surface area contributed by atoms with Crippen LogP contribution in [0.25, 0.3) is 0 Å². The topological polar surface area (TPSA) is 69.7 Å². The van der Waals surface area contributed by atoms with Crippen LogP contribution < -0.4 is 5.32 Å². The highest BCUT2D eigenvalue weighted by Gasteiger charge is 2.33. The van der Waals surface area contributed by atoms with Crippen molar-refractivity contribution in [3.63, 3.8) is 0 Å². The van der Waals surface area contributed by atoms with Gasteiger partial charge in [0, 0.05) is 37.3 Å². The molecular weight excluding hydrogens is 390 g/mol. The van der Waals surface area contributed by atoms with Crippen LogP contribution in [0.3, 0.4) is 0 Å². The number of benzene rings is 2. The van der Waals surface area contributed by atoms with Crippen molar-refractivity contribution in [2.45, 2.75) is 19.3 Å². The van der Waals surface area contributed by atoms with Gasteiger partial charge in [0.1, 0.15) is 5.92 Å². The predicted molar refractivity (Wildman–Crippen MR) is 121 cm³/mol. The molecule has 0 aromatic heterocycles. The molecular formula is C25H31N3O3. The fourth-order valence-electron chi connectivity index (χ4n) is 3.88. The van der Waals surface area contributed by atoms with Gasteiger partial charge in [0.25, 0.3) is 5.91 Å². The van der Waals surface area contributed by atoms with Crippen molar-refractivity contribution in [3.8, 4) is 0 Å². The molecule has 164 valence electrons. The lowest BCUT2D eigenvalue weighted by molar-refractivity contribution is -0.135. The van der Waals surface area contributed by atoms with Crippen LogP contribution in [0.1, 0.15) is 40.0 Å². The van der Waals surface area contributed by atoms with E-state index in [-0.39, 0.29) is 17.6 Å². The first-order valence-electron chi connectivity index (χ1n) is 11.0. The average molecular weight is 422 g/mol. The molecule has 1 aliphatic rings. The van der Waals surface area contributed by atoms with Crippen LogP contribution in [0.5, 0.6) is 0 Å². The summed E-state index contributed by atoms with van der Waals surface area (Å²) in [7, 11) is 1.96. The number of amides is 2. The Balaban J connectivity index is 1.52. The molecule has 3 rings (SSSR count). The highest BCUT2D eigenvalue weighted by atomic mass is 16.2. The molecule has 6 heteroatoms. The second-order valence-electron chi connectivity index (χ2n) is 8.05. The van der Waals surface area contributed by atoms with Gasteiger partial charge in [-0.1, -0.05) is 48.5 Å². The second kappa shape index (κ2) is 11.4. The number of hydrogen-bond acceptors (Lipinski definition) is 4. The van der Waals surface area contributed by atoms with Crippen molar-refractivity contribution in [3.05, 3.63) is 71.8 Å². The van der Waals surface area contributed by atoms with Gasteiger partial charge in [-0.3, -0.25) is 14.4 Å². The van der Waals surface area contributed by atoms with Crippen LogP contribution in [0.2, 0.25) is 0 Å².